The number of hydrogen-bond donors (Lipinski definition) is 3. The van der Waals surface area contributed by atoms with E-state index in [0.717, 1.165) is 24.8 Å². The highest BCUT2D eigenvalue weighted by Gasteiger charge is 2.44. The third kappa shape index (κ3) is 6.98. The normalized spacial score (nSPS) is 35.3. The molecule has 3 N–H and O–H groups in total. The van der Waals surface area contributed by atoms with Gasteiger partial charge in [-0.05, 0) is 37.3 Å². The van der Waals surface area contributed by atoms with Gasteiger partial charge in [-0.1, -0.05) is 34.1 Å². The molecule has 2 aliphatic rings. The zero-order valence-corrected chi connectivity index (χ0v) is 22.1. The second-order valence-electron chi connectivity index (χ2n) is 10.6. The van der Waals surface area contributed by atoms with Crippen LogP contribution in [0.3, 0.4) is 0 Å². The van der Waals surface area contributed by atoms with E-state index in [9.17, 15) is 24.9 Å². The molecule has 0 radical (unpaired) electrons. The number of cyclic esters (lactones) is 1. The minimum Gasteiger partial charge on any atom is -0.458 e. The number of nitrogens with zero attached hydrogens (tertiary/aromatic N) is 1. The van der Waals surface area contributed by atoms with Crippen molar-refractivity contribution in [1.29, 1.82) is 0 Å². The summed E-state index contributed by atoms with van der Waals surface area (Å²) >= 11 is 1.35. The summed E-state index contributed by atoms with van der Waals surface area (Å²) in [7, 11) is 0. The molecule has 0 saturated carbocycles. The molecule has 0 spiro atoms. The Morgan fingerprint density at radius 2 is 1.94 bits per heavy atom. The van der Waals surface area contributed by atoms with E-state index in [2.05, 4.69) is 4.98 Å². The first-order valence-corrected chi connectivity index (χ1v) is 13.3. The molecule has 3 rings (SSSR count). The summed E-state index contributed by atoms with van der Waals surface area (Å²) in [4.78, 5) is 30.4. The quantitative estimate of drug-likeness (QED) is 0.418. The van der Waals surface area contributed by atoms with Crippen molar-refractivity contribution in [1.82, 2.24) is 4.98 Å². The molecular formula is C26H39NO7S. The summed E-state index contributed by atoms with van der Waals surface area (Å²) in [6, 6.07) is 0. The molecule has 1 aromatic rings. The zero-order valence-electron chi connectivity index (χ0n) is 21.3. The van der Waals surface area contributed by atoms with Crippen molar-refractivity contribution < 1.29 is 34.4 Å². The van der Waals surface area contributed by atoms with Crippen molar-refractivity contribution >= 4 is 29.2 Å². The van der Waals surface area contributed by atoms with Gasteiger partial charge in [-0.2, -0.15) is 0 Å². The van der Waals surface area contributed by atoms with E-state index < -0.39 is 35.6 Å². The summed E-state index contributed by atoms with van der Waals surface area (Å²) < 4.78 is 11.7. The number of rotatable bonds is 3. The smallest absolute Gasteiger partial charge is 0.309 e. The molecule has 3 heterocycles. The van der Waals surface area contributed by atoms with Crippen LogP contribution in [0.15, 0.2) is 11.0 Å². The van der Waals surface area contributed by atoms with Crippen LogP contribution in [0.4, 0.5) is 0 Å². The highest BCUT2D eigenvalue weighted by molar-refractivity contribution is 7.09. The molecule has 2 saturated heterocycles. The summed E-state index contributed by atoms with van der Waals surface area (Å²) in [5.74, 6) is -1.61. The number of ketones is 1. The van der Waals surface area contributed by atoms with E-state index in [1.165, 1.54) is 11.3 Å². The van der Waals surface area contributed by atoms with E-state index in [1.807, 2.05) is 25.3 Å². The number of aliphatic hydroxyl groups excluding tert-OH is 3. The number of esters is 1. The monoisotopic (exact) mass is 509 g/mol. The summed E-state index contributed by atoms with van der Waals surface area (Å²) in [6.45, 7) is 8.57. The lowest BCUT2D eigenvalue weighted by molar-refractivity contribution is -0.154. The fraction of sp³-hybridized carbons (Fsp3) is 0.731. The van der Waals surface area contributed by atoms with E-state index in [-0.39, 0.29) is 36.9 Å². The molecule has 8 nitrogen and oxygen atoms in total. The van der Waals surface area contributed by atoms with Crippen LogP contribution in [0.2, 0.25) is 0 Å². The summed E-state index contributed by atoms with van der Waals surface area (Å²) in [5.41, 5.74) is 0.253. The van der Waals surface area contributed by atoms with Crippen LogP contribution >= 0.6 is 11.3 Å². The van der Waals surface area contributed by atoms with E-state index in [4.69, 9.17) is 9.47 Å². The average Bonchev–Trinajstić information content (AvgIpc) is 3.38. The van der Waals surface area contributed by atoms with Crippen LogP contribution in [0.5, 0.6) is 0 Å². The molecule has 9 heteroatoms. The van der Waals surface area contributed by atoms with Gasteiger partial charge in [0.1, 0.15) is 16.9 Å². The largest absolute Gasteiger partial charge is 0.458 e. The lowest BCUT2D eigenvalue weighted by atomic mass is 9.73. The minimum atomic E-state index is -1.25. The third-order valence-corrected chi connectivity index (χ3v) is 8.33. The topological polar surface area (TPSA) is 129 Å². The maximum atomic E-state index is 13.2. The number of fused-ring (bicyclic) bond motifs is 1. The van der Waals surface area contributed by atoms with Gasteiger partial charge < -0.3 is 24.8 Å². The van der Waals surface area contributed by atoms with E-state index in [1.54, 1.807) is 20.8 Å². The lowest BCUT2D eigenvalue weighted by Crippen LogP contribution is -2.45. The Morgan fingerprint density at radius 3 is 2.60 bits per heavy atom. The molecule has 2 fully saturated rings. The maximum Gasteiger partial charge on any atom is 0.309 e. The average molecular weight is 510 g/mol. The maximum absolute atomic E-state index is 13.2. The van der Waals surface area contributed by atoms with Gasteiger partial charge in [0.25, 0.3) is 0 Å². The van der Waals surface area contributed by atoms with Gasteiger partial charge in [0.15, 0.2) is 0 Å². The number of carbonyl (C=O) groups is 2. The molecule has 0 aliphatic carbocycles. The molecule has 1 aromatic heterocycles. The van der Waals surface area contributed by atoms with Crippen molar-refractivity contribution in [2.75, 3.05) is 0 Å². The molecule has 0 bridgehead atoms. The van der Waals surface area contributed by atoms with Gasteiger partial charge in [-0.3, -0.25) is 9.59 Å². The Kier molecular flexibility index (Phi) is 9.26. The van der Waals surface area contributed by atoms with Crippen LogP contribution in [0.25, 0.3) is 6.08 Å². The van der Waals surface area contributed by atoms with Crippen LogP contribution in [0.1, 0.15) is 77.4 Å². The molecule has 0 amide bonds. The van der Waals surface area contributed by atoms with Crippen molar-refractivity contribution in [3.63, 3.8) is 0 Å². The van der Waals surface area contributed by atoms with E-state index in [0.29, 0.717) is 17.1 Å². The van der Waals surface area contributed by atoms with Crippen molar-refractivity contribution in [3.8, 4) is 0 Å². The summed E-state index contributed by atoms with van der Waals surface area (Å²) in [5, 5.41) is 33.3. The van der Waals surface area contributed by atoms with Gasteiger partial charge in [-0.25, -0.2) is 4.98 Å². The lowest BCUT2D eigenvalue weighted by Gasteiger charge is -2.34. The van der Waals surface area contributed by atoms with Crippen molar-refractivity contribution in [2.24, 2.45) is 17.3 Å². The van der Waals surface area contributed by atoms with E-state index >= 15 is 0 Å². The Bertz CT molecular complexity index is 927. The minimum absolute atomic E-state index is 0.0328. The number of hydrogen-bond acceptors (Lipinski definition) is 9. The molecule has 0 unspecified atom stereocenters. The highest BCUT2D eigenvalue weighted by atomic mass is 32.1. The van der Waals surface area contributed by atoms with Crippen LogP contribution < -0.4 is 0 Å². The zero-order chi connectivity index (χ0) is 25.9. The SMILES string of the molecule is CC(=Cc1csc(CO)n1)[C@@H]1C[C@@H]2O[C@@H]2CCC[C@H](C)[C@H](O)[C@@H](C)C(=O)C(C)(C)[C@@H](O)CC(=O)O1. The number of carbonyl (C=O) groups excluding carboxylic acids is 2. The Balaban J connectivity index is 1.81. The number of thiazole rings is 1. The van der Waals surface area contributed by atoms with Crippen LogP contribution in [-0.4, -0.2) is 62.6 Å². The van der Waals surface area contributed by atoms with Crippen LogP contribution in [0, 0.1) is 17.3 Å². The van der Waals surface area contributed by atoms with Gasteiger partial charge in [0, 0.05) is 17.7 Å². The predicted octanol–water partition coefficient (Wildman–Crippen LogP) is 3.27. The van der Waals surface area contributed by atoms with Gasteiger partial charge in [0.2, 0.25) is 0 Å². The molecule has 0 aromatic carbocycles. The fourth-order valence-corrected chi connectivity index (χ4v) is 5.41. The first kappa shape index (κ1) is 27.9. The molecule has 196 valence electrons. The fourth-order valence-electron chi connectivity index (χ4n) is 4.80. The van der Waals surface area contributed by atoms with Gasteiger partial charge >= 0.3 is 5.97 Å². The Morgan fingerprint density at radius 1 is 1.23 bits per heavy atom. The third-order valence-electron chi connectivity index (χ3n) is 7.48. The second kappa shape index (κ2) is 11.6. The molecule has 7 atom stereocenters. The number of aromatic nitrogens is 1. The standard InChI is InChI=1S/C26H39NO7S/c1-14-7-6-8-18-20(33-18)10-19(15(2)9-17-13-35-22(12-28)27-17)34-23(30)11-21(29)26(4,5)25(32)16(3)24(14)31/h9,13-14,16,18-21,24,28-29,31H,6-8,10-12H2,1-5H3/t14-,16+,18+,19-,20-,21-,24-/m0/s1. The number of aliphatic hydroxyl groups is 3. The summed E-state index contributed by atoms with van der Waals surface area (Å²) in [6.07, 6.45) is 1.86. The van der Waals surface area contributed by atoms with Crippen molar-refractivity contribution in [3.05, 3.63) is 21.7 Å². The van der Waals surface area contributed by atoms with Gasteiger partial charge in [-0.15, -0.1) is 11.3 Å². The first-order chi connectivity index (χ1) is 16.4. The number of ether oxygens (including phenoxy) is 2. The molecule has 35 heavy (non-hydrogen) atoms. The van der Waals surface area contributed by atoms with Crippen molar-refractivity contribution in [2.45, 2.75) is 104 Å². The Hall–Kier alpha value is -1.65. The number of Topliss-reactive ketones (excluding diaryl/α,β-unsaturated/α-hetero) is 1. The molecular weight excluding hydrogens is 470 g/mol. The second-order valence-corrected chi connectivity index (χ2v) is 11.6. The van der Waals surface area contributed by atoms with Crippen LogP contribution in [-0.2, 0) is 25.7 Å². The van der Waals surface area contributed by atoms with Gasteiger partial charge in [0.05, 0.1) is 48.6 Å². The highest BCUT2D eigenvalue weighted by Crippen LogP contribution is 2.36. The Labute approximate surface area is 211 Å². The first-order valence-electron chi connectivity index (χ1n) is 12.4. The predicted molar refractivity (Wildman–Crippen MR) is 132 cm³/mol. The molecule has 2 aliphatic heterocycles. The number of epoxide rings is 1.